The van der Waals surface area contributed by atoms with E-state index in [1.165, 1.54) is 14.0 Å². The predicted octanol–water partition coefficient (Wildman–Crippen LogP) is 2.89. The second kappa shape index (κ2) is 9.41. The molecule has 0 fully saturated rings. The van der Waals surface area contributed by atoms with Crippen LogP contribution >= 0.6 is 11.8 Å². The molecule has 0 radical (unpaired) electrons. The third kappa shape index (κ3) is 5.47. The molecule has 6 nitrogen and oxygen atoms in total. The molecule has 2 atom stereocenters. The topological polar surface area (TPSA) is 81.7 Å². The fourth-order valence-corrected chi connectivity index (χ4v) is 3.56. The lowest BCUT2D eigenvalue weighted by Gasteiger charge is -2.16. The van der Waals surface area contributed by atoms with Crippen molar-refractivity contribution < 1.29 is 23.9 Å². The number of benzene rings is 2. The molecule has 0 aliphatic heterocycles. The van der Waals surface area contributed by atoms with Gasteiger partial charge in [0, 0.05) is 12.7 Å². The number of nitrogens with one attached hydrogen (secondary N) is 1. The number of methoxy groups -OCH3 is 2. The van der Waals surface area contributed by atoms with Crippen LogP contribution in [0.4, 0.5) is 0 Å². The minimum absolute atomic E-state index is 0.0814. The van der Waals surface area contributed by atoms with Gasteiger partial charge in [-0.3, -0.25) is 9.59 Å². The van der Waals surface area contributed by atoms with Gasteiger partial charge in [0.1, 0.15) is 11.8 Å². The number of amides is 1. The van der Waals surface area contributed by atoms with Gasteiger partial charge >= 0.3 is 5.97 Å². The highest BCUT2D eigenvalue weighted by molar-refractivity contribution is 8.13. The highest BCUT2D eigenvalue weighted by atomic mass is 32.2. The first kappa shape index (κ1) is 20.8. The summed E-state index contributed by atoms with van der Waals surface area (Å²) >= 11 is 1.01. The fraction of sp³-hybridized carbons (Fsp3) is 0.350. The Morgan fingerprint density at radius 2 is 1.74 bits per heavy atom. The van der Waals surface area contributed by atoms with Crippen molar-refractivity contribution in [2.24, 2.45) is 0 Å². The summed E-state index contributed by atoms with van der Waals surface area (Å²) in [5.74, 6) is -0.367. The second-order valence-electron chi connectivity index (χ2n) is 6.10. The number of hydrogen-bond acceptors (Lipinski definition) is 6. The molecule has 2 aromatic carbocycles. The smallest absolute Gasteiger partial charge is 0.329 e. The van der Waals surface area contributed by atoms with Gasteiger partial charge in [0.2, 0.25) is 5.91 Å². The van der Waals surface area contributed by atoms with E-state index in [0.717, 1.165) is 33.8 Å². The van der Waals surface area contributed by atoms with Crippen LogP contribution in [-0.2, 0) is 19.1 Å². The minimum Gasteiger partial charge on any atom is -0.497 e. The number of rotatable bonds is 7. The normalized spacial score (nSPS) is 12.9. The van der Waals surface area contributed by atoms with E-state index in [4.69, 9.17) is 4.74 Å². The number of carbonyl (C=O) groups is 3. The molecule has 7 heteroatoms. The first-order valence-electron chi connectivity index (χ1n) is 8.45. The molecule has 0 spiro atoms. The number of thioether (sulfide) groups is 1. The molecule has 0 bridgehead atoms. The Morgan fingerprint density at radius 1 is 1.07 bits per heavy atom. The average Bonchev–Trinajstić information content (AvgIpc) is 2.68. The van der Waals surface area contributed by atoms with Crippen molar-refractivity contribution in [1.82, 2.24) is 5.32 Å². The second-order valence-corrected chi connectivity index (χ2v) is 7.12. The highest BCUT2D eigenvalue weighted by Crippen LogP contribution is 2.28. The molecule has 144 valence electrons. The Balaban J connectivity index is 2.08. The zero-order valence-corrected chi connectivity index (χ0v) is 16.6. The van der Waals surface area contributed by atoms with E-state index in [9.17, 15) is 14.4 Å². The van der Waals surface area contributed by atoms with Gasteiger partial charge in [-0.1, -0.05) is 43.0 Å². The van der Waals surface area contributed by atoms with Gasteiger partial charge in [0.25, 0.3) is 0 Å². The van der Waals surface area contributed by atoms with E-state index < -0.39 is 12.0 Å². The molecule has 0 heterocycles. The Labute approximate surface area is 162 Å². The van der Waals surface area contributed by atoms with Crippen molar-refractivity contribution >= 4 is 39.5 Å². The van der Waals surface area contributed by atoms with E-state index in [0.29, 0.717) is 0 Å². The lowest BCUT2D eigenvalue weighted by Crippen LogP contribution is -2.42. The van der Waals surface area contributed by atoms with Crippen LogP contribution < -0.4 is 10.1 Å². The molecular weight excluding hydrogens is 366 g/mol. The van der Waals surface area contributed by atoms with Crippen molar-refractivity contribution in [2.75, 3.05) is 20.0 Å². The number of esters is 1. The first-order valence-corrected chi connectivity index (χ1v) is 9.43. The Morgan fingerprint density at radius 3 is 2.37 bits per heavy atom. The van der Waals surface area contributed by atoms with Crippen LogP contribution in [0.15, 0.2) is 36.4 Å². The van der Waals surface area contributed by atoms with Gasteiger partial charge in [-0.15, -0.1) is 0 Å². The summed E-state index contributed by atoms with van der Waals surface area (Å²) in [5.41, 5.74) is 0.888. The monoisotopic (exact) mass is 389 g/mol. The molecule has 0 aromatic heterocycles. The summed E-state index contributed by atoms with van der Waals surface area (Å²) in [6, 6.07) is 10.8. The summed E-state index contributed by atoms with van der Waals surface area (Å²) < 4.78 is 9.89. The Kier molecular flexibility index (Phi) is 7.24. The molecule has 2 rings (SSSR count). The van der Waals surface area contributed by atoms with E-state index in [1.54, 1.807) is 7.11 Å². The maximum absolute atomic E-state index is 12.6. The van der Waals surface area contributed by atoms with Crippen molar-refractivity contribution in [3.8, 4) is 5.75 Å². The van der Waals surface area contributed by atoms with Crippen molar-refractivity contribution in [1.29, 1.82) is 0 Å². The number of fused-ring (bicyclic) bond motifs is 1. The van der Waals surface area contributed by atoms with E-state index in [2.05, 4.69) is 10.1 Å². The lowest BCUT2D eigenvalue weighted by molar-refractivity contribution is -0.144. The number of hydrogen-bond donors (Lipinski definition) is 1. The van der Waals surface area contributed by atoms with E-state index >= 15 is 0 Å². The zero-order valence-electron chi connectivity index (χ0n) is 15.8. The van der Waals surface area contributed by atoms with Gasteiger partial charge in [-0.05, 0) is 28.5 Å². The molecule has 1 amide bonds. The molecule has 27 heavy (non-hydrogen) atoms. The summed E-state index contributed by atoms with van der Waals surface area (Å²) in [4.78, 5) is 35.5. The van der Waals surface area contributed by atoms with Crippen LogP contribution in [0, 0.1) is 0 Å². The molecule has 0 aliphatic carbocycles. The molecule has 0 saturated heterocycles. The van der Waals surface area contributed by atoms with E-state index in [-0.39, 0.29) is 22.7 Å². The Bertz CT molecular complexity index is 851. The largest absolute Gasteiger partial charge is 0.497 e. The summed E-state index contributed by atoms with van der Waals surface area (Å²) in [5, 5.41) is 4.47. The van der Waals surface area contributed by atoms with Gasteiger partial charge in [-0.2, -0.15) is 0 Å². The highest BCUT2D eigenvalue weighted by Gasteiger charge is 2.24. The zero-order chi connectivity index (χ0) is 20.0. The van der Waals surface area contributed by atoms with Crippen LogP contribution in [0.3, 0.4) is 0 Å². The van der Waals surface area contributed by atoms with Gasteiger partial charge in [-0.25, -0.2) is 4.79 Å². The average molecular weight is 389 g/mol. The summed E-state index contributed by atoms with van der Waals surface area (Å²) in [7, 11) is 2.87. The SMILES string of the molecule is COC(=O)C(CSC(=O)[C@H](C)c1ccc2cc(OC)ccc2c1)NC(C)=O. The minimum atomic E-state index is -0.849. The summed E-state index contributed by atoms with van der Waals surface area (Å²) in [6.45, 7) is 3.14. The third-order valence-electron chi connectivity index (χ3n) is 4.18. The molecular formula is C20H23NO5S. The van der Waals surface area contributed by atoms with Crippen molar-refractivity contribution in [3.05, 3.63) is 42.0 Å². The standard InChI is InChI=1S/C20H23NO5S/c1-12(20(24)27-11-18(19(23)26-4)21-13(2)22)14-5-6-16-10-17(25-3)8-7-15(16)9-14/h5-10,12,18H,11H2,1-4H3,(H,21,22)/t12-,18?/m1/s1. The van der Waals surface area contributed by atoms with Gasteiger partial charge in [0.05, 0.1) is 20.1 Å². The number of ether oxygens (including phenoxy) is 2. The quantitative estimate of drug-likeness (QED) is 0.734. The molecule has 0 aliphatic rings. The van der Waals surface area contributed by atoms with Crippen LogP contribution in [-0.4, -0.2) is 43.0 Å². The lowest BCUT2D eigenvalue weighted by atomic mass is 9.99. The summed E-state index contributed by atoms with van der Waals surface area (Å²) in [6.07, 6.45) is 0. The van der Waals surface area contributed by atoms with Crippen LogP contribution in [0.25, 0.3) is 10.8 Å². The van der Waals surface area contributed by atoms with Crippen LogP contribution in [0.5, 0.6) is 5.75 Å². The Hall–Kier alpha value is -2.54. The van der Waals surface area contributed by atoms with Crippen LogP contribution in [0.2, 0.25) is 0 Å². The number of carbonyl (C=O) groups excluding carboxylic acids is 3. The predicted molar refractivity (Wildman–Crippen MR) is 106 cm³/mol. The maximum atomic E-state index is 12.6. The first-order chi connectivity index (χ1) is 12.8. The van der Waals surface area contributed by atoms with Crippen molar-refractivity contribution in [3.63, 3.8) is 0 Å². The molecule has 2 aromatic rings. The molecule has 1 N–H and O–H groups in total. The van der Waals surface area contributed by atoms with Crippen molar-refractivity contribution in [2.45, 2.75) is 25.8 Å². The van der Waals surface area contributed by atoms with Crippen LogP contribution in [0.1, 0.15) is 25.3 Å². The molecule has 0 saturated carbocycles. The fourth-order valence-electron chi connectivity index (χ4n) is 2.62. The van der Waals surface area contributed by atoms with Gasteiger partial charge < -0.3 is 14.8 Å². The third-order valence-corrected chi connectivity index (χ3v) is 5.32. The maximum Gasteiger partial charge on any atom is 0.329 e. The van der Waals surface area contributed by atoms with E-state index in [1.807, 2.05) is 43.3 Å². The van der Waals surface area contributed by atoms with Gasteiger partial charge in [0.15, 0.2) is 5.12 Å². The molecule has 1 unspecified atom stereocenters.